The van der Waals surface area contributed by atoms with Gasteiger partial charge in [-0.25, -0.2) is 0 Å². The van der Waals surface area contributed by atoms with E-state index in [1.54, 1.807) is 35.2 Å². The zero-order valence-electron chi connectivity index (χ0n) is 14.1. The number of hydrogen-bond acceptors (Lipinski definition) is 5. The van der Waals surface area contributed by atoms with Crippen molar-refractivity contribution in [3.8, 4) is 5.75 Å². The summed E-state index contributed by atoms with van der Waals surface area (Å²) in [7, 11) is 0. The molecule has 0 N–H and O–H groups in total. The van der Waals surface area contributed by atoms with Crippen LogP contribution in [0.25, 0.3) is 0 Å². The molecule has 0 unspecified atom stereocenters. The molecule has 0 atom stereocenters. The Balaban J connectivity index is 1.43. The van der Waals surface area contributed by atoms with Crippen molar-refractivity contribution in [1.29, 1.82) is 0 Å². The van der Waals surface area contributed by atoms with E-state index < -0.39 is 6.36 Å². The lowest BCUT2D eigenvalue weighted by molar-refractivity contribution is -0.274. The normalized spacial score (nSPS) is 14.5. The first-order valence-electron chi connectivity index (χ1n) is 8.41. The van der Waals surface area contributed by atoms with Crippen molar-refractivity contribution in [3.63, 3.8) is 0 Å². The summed E-state index contributed by atoms with van der Waals surface area (Å²) in [5.74, 6) is 1.36. The Morgan fingerprint density at radius 2 is 1.93 bits per heavy atom. The highest BCUT2D eigenvalue weighted by atomic mass is 32.2. The van der Waals surface area contributed by atoms with Gasteiger partial charge in [-0.3, -0.25) is 0 Å². The maximum Gasteiger partial charge on any atom is 0.573 e. The van der Waals surface area contributed by atoms with E-state index in [2.05, 4.69) is 30.9 Å². The fraction of sp³-hybridized carbons (Fsp3) is 0.333. The van der Waals surface area contributed by atoms with Crippen LogP contribution in [-0.4, -0.2) is 21.1 Å². The van der Waals surface area contributed by atoms with Crippen LogP contribution < -0.4 is 4.74 Å². The molecule has 0 radical (unpaired) electrons. The Morgan fingerprint density at radius 1 is 1.15 bits per heavy atom. The summed E-state index contributed by atoms with van der Waals surface area (Å²) in [6, 6.07) is 10.5. The van der Waals surface area contributed by atoms with Gasteiger partial charge in [0.05, 0.1) is 0 Å². The number of aromatic nitrogens is 3. The predicted octanol–water partition coefficient (Wildman–Crippen LogP) is 5.46. The molecule has 2 heterocycles. The minimum absolute atomic E-state index is 0.212. The lowest BCUT2D eigenvalue weighted by Crippen LogP contribution is -2.16. The van der Waals surface area contributed by atoms with Crippen molar-refractivity contribution in [2.24, 2.45) is 0 Å². The molecule has 2 aromatic heterocycles. The third kappa shape index (κ3) is 4.84. The fourth-order valence-corrected chi connectivity index (χ4v) is 4.41. The van der Waals surface area contributed by atoms with E-state index in [-0.39, 0.29) is 5.75 Å². The Bertz CT molecular complexity index is 888. The molecule has 1 aliphatic rings. The summed E-state index contributed by atoms with van der Waals surface area (Å²) >= 11 is 3.25. The fourth-order valence-electron chi connectivity index (χ4n) is 2.73. The largest absolute Gasteiger partial charge is 0.573 e. The van der Waals surface area contributed by atoms with Gasteiger partial charge in [-0.05, 0) is 42.0 Å². The molecule has 1 aliphatic carbocycles. The van der Waals surface area contributed by atoms with Gasteiger partial charge in [0.2, 0.25) is 0 Å². The van der Waals surface area contributed by atoms with Crippen molar-refractivity contribution in [3.05, 3.63) is 58.0 Å². The highest BCUT2D eigenvalue weighted by Gasteiger charge is 2.31. The SMILES string of the molecule is FC(F)(F)Oc1ccc(CSc2nnc(Cc3cccs3)n2C2CC2)cc1. The summed E-state index contributed by atoms with van der Waals surface area (Å²) in [6.45, 7) is 0. The number of halogens is 3. The van der Waals surface area contributed by atoms with Crippen LogP contribution in [-0.2, 0) is 12.2 Å². The van der Waals surface area contributed by atoms with Gasteiger partial charge >= 0.3 is 6.36 Å². The van der Waals surface area contributed by atoms with E-state index in [4.69, 9.17) is 0 Å². The summed E-state index contributed by atoms with van der Waals surface area (Å²) in [5.41, 5.74) is 0.902. The molecule has 0 saturated heterocycles. The van der Waals surface area contributed by atoms with Gasteiger partial charge in [0.15, 0.2) is 5.16 Å². The average molecular weight is 411 g/mol. The Labute approximate surface area is 162 Å². The molecule has 0 bridgehead atoms. The molecule has 3 aromatic rings. The highest BCUT2D eigenvalue weighted by Crippen LogP contribution is 2.40. The monoisotopic (exact) mass is 411 g/mol. The zero-order valence-corrected chi connectivity index (χ0v) is 15.8. The van der Waals surface area contributed by atoms with Gasteiger partial charge in [0.1, 0.15) is 11.6 Å². The van der Waals surface area contributed by atoms with Crippen LogP contribution in [0.1, 0.15) is 35.1 Å². The number of thiophene rings is 1. The van der Waals surface area contributed by atoms with E-state index in [1.165, 1.54) is 17.0 Å². The molecule has 0 aliphatic heterocycles. The molecule has 0 spiro atoms. The standard InChI is InChI=1S/C18H16F3N3OS2/c19-18(20,21)25-14-7-3-12(4-8-14)11-27-17-23-22-16(24(17)13-5-6-13)10-15-2-1-9-26-15/h1-4,7-9,13H,5-6,10-11H2. The lowest BCUT2D eigenvalue weighted by Gasteiger charge is -2.10. The van der Waals surface area contributed by atoms with Gasteiger partial charge in [-0.1, -0.05) is 30.0 Å². The number of ether oxygens (including phenoxy) is 1. The van der Waals surface area contributed by atoms with Crippen molar-refractivity contribution in [2.75, 3.05) is 0 Å². The van der Waals surface area contributed by atoms with Crippen LogP contribution in [0.4, 0.5) is 13.2 Å². The minimum atomic E-state index is -4.67. The number of benzene rings is 1. The van der Waals surface area contributed by atoms with Gasteiger partial charge < -0.3 is 9.30 Å². The summed E-state index contributed by atoms with van der Waals surface area (Å²) in [5, 5.41) is 11.6. The van der Waals surface area contributed by atoms with Crippen LogP contribution in [0.5, 0.6) is 5.75 Å². The number of thioether (sulfide) groups is 1. The van der Waals surface area contributed by atoms with Crippen molar-refractivity contribution < 1.29 is 17.9 Å². The second-order valence-electron chi connectivity index (χ2n) is 6.24. The number of rotatable bonds is 7. The first-order valence-corrected chi connectivity index (χ1v) is 10.3. The van der Waals surface area contributed by atoms with E-state index in [0.717, 1.165) is 35.8 Å². The molecule has 9 heteroatoms. The smallest absolute Gasteiger partial charge is 0.406 e. The van der Waals surface area contributed by atoms with Crippen LogP contribution in [0.2, 0.25) is 0 Å². The van der Waals surface area contributed by atoms with Crippen LogP contribution in [0.15, 0.2) is 46.9 Å². The number of hydrogen-bond donors (Lipinski definition) is 0. The Hall–Kier alpha value is -2.00. The van der Waals surface area contributed by atoms with Gasteiger partial charge in [0, 0.05) is 23.1 Å². The van der Waals surface area contributed by atoms with Crippen molar-refractivity contribution in [1.82, 2.24) is 14.8 Å². The molecule has 1 fully saturated rings. The second-order valence-corrected chi connectivity index (χ2v) is 8.21. The maximum absolute atomic E-state index is 12.2. The van der Waals surface area contributed by atoms with E-state index >= 15 is 0 Å². The molecule has 1 aromatic carbocycles. The molecule has 4 nitrogen and oxygen atoms in total. The quantitative estimate of drug-likeness (QED) is 0.484. The topological polar surface area (TPSA) is 39.9 Å². The molecule has 27 heavy (non-hydrogen) atoms. The molecule has 142 valence electrons. The molecule has 1 saturated carbocycles. The molecule has 4 rings (SSSR count). The molecular weight excluding hydrogens is 395 g/mol. The first kappa shape index (κ1) is 18.4. The van der Waals surface area contributed by atoms with Gasteiger partial charge in [0.25, 0.3) is 0 Å². The van der Waals surface area contributed by atoms with Gasteiger partial charge in [-0.2, -0.15) is 0 Å². The number of nitrogens with zero attached hydrogens (tertiary/aromatic N) is 3. The van der Waals surface area contributed by atoms with Crippen LogP contribution in [0.3, 0.4) is 0 Å². The van der Waals surface area contributed by atoms with E-state index in [1.807, 2.05) is 6.07 Å². The number of alkyl halides is 3. The second kappa shape index (κ2) is 7.55. The van der Waals surface area contributed by atoms with Crippen molar-refractivity contribution >= 4 is 23.1 Å². The molecule has 0 amide bonds. The summed E-state index contributed by atoms with van der Waals surface area (Å²) < 4.78 is 42.8. The third-order valence-corrected chi connectivity index (χ3v) is 5.98. The van der Waals surface area contributed by atoms with E-state index in [9.17, 15) is 13.2 Å². The predicted molar refractivity (Wildman–Crippen MR) is 98.1 cm³/mol. The average Bonchev–Trinajstić information content (AvgIpc) is 3.17. The molecular formula is C18H16F3N3OS2. The Kier molecular flexibility index (Phi) is 5.14. The first-order chi connectivity index (χ1) is 13.0. The summed E-state index contributed by atoms with van der Waals surface area (Å²) in [6.07, 6.45) is -1.64. The van der Waals surface area contributed by atoms with Gasteiger partial charge in [-0.15, -0.1) is 34.7 Å². The summed E-state index contributed by atoms with van der Waals surface area (Å²) in [4.78, 5) is 1.25. The maximum atomic E-state index is 12.2. The Morgan fingerprint density at radius 3 is 2.56 bits per heavy atom. The lowest BCUT2D eigenvalue weighted by atomic mass is 10.2. The van der Waals surface area contributed by atoms with E-state index in [0.29, 0.717) is 11.8 Å². The van der Waals surface area contributed by atoms with Crippen LogP contribution >= 0.6 is 23.1 Å². The third-order valence-electron chi connectivity index (χ3n) is 4.08. The van der Waals surface area contributed by atoms with Crippen LogP contribution in [0, 0.1) is 0 Å². The highest BCUT2D eigenvalue weighted by molar-refractivity contribution is 7.98. The van der Waals surface area contributed by atoms with Crippen molar-refractivity contribution in [2.45, 2.75) is 42.6 Å². The minimum Gasteiger partial charge on any atom is -0.406 e. The zero-order chi connectivity index (χ0) is 18.9.